The molecule has 0 saturated heterocycles. The molecule has 1 rings (SSSR count). The van der Waals surface area contributed by atoms with Crippen LogP contribution in [0.1, 0.15) is 19.3 Å². The van der Waals surface area contributed by atoms with Crippen molar-refractivity contribution in [1.82, 2.24) is 0 Å². The first-order valence-electron chi connectivity index (χ1n) is 9.01. The molecule has 0 aliphatic heterocycles. The summed E-state index contributed by atoms with van der Waals surface area (Å²) >= 11 is 0. The van der Waals surface area contributed by atoms with Crippen LogP contribution in [0, 0.1) is 13.0 Å². The fourth-order valence-electron chi connectivity index (χ4n) is 1.75. The first kappa shape index (κ1) is 29.8. The molecule has 0 bridgehead atoms. The monoisotopic (exact) mass is 475 g/mol. The fraction of sp³-hybridized carbons (Fsp3) is 0.304. The summed E-state index contributed by atoms with van der Waals surface area (Å²) in [5.41, 5.74) is 0. The molecule has 29 heavy (non-hydrogen) atoms. The predicted octanol–water partition coefficient (Wildman–Crippen LogP) is 2.96. The summed E-state index contributed by atoms with van der Waals surface area (Å²) in [4.78, 5) is 10.9. The van der Waals surface area contributed by atoms with Crippen LogP contribution in [0.2, 0.25) is 0 Å². The minimum absolute atomic E-state index is 0. The minimum Gasteiger partial charge on any atom is -0.469 e. The van der Waals surface area contributed by atoms with E-state index in [2.05, 4.69) is 17.7 Å². The van der Waals surface area contributed by atoms with Gasteiger partial charge in [-0.2, -0.15) is 36.4 Å². The molecule has 0 unspecified atom stereocenters. The molecule has 1 aromatic rings. The van der Waals surface area contributed by atoms with Crippen LogP contribution < -0.4 is 0 Å². The average Bonchev–Trinajstić information content (AvgIpc) is 2.71. The zero-order valence-electron chi connectivity index (χ0n) is 16.8. The number of carbonyl (C=O) groups is 1. The van der Waals surface area contributed by atoms with Crippen LogP contribution in [-0.2, 0) is 42.2 Å². The SMILES string of the molecule is [CH2-][C@H](O)[C@H](O)/C=C/C=C/C=C\C=C\[C@@H](O)CCCC(=O)OC.[Y].[c-]1ccccc1. The molecule has 5 nitrogen and oxygen atoms in total. The van der Waals surface area contributed by atoms with Crippen molar-refractivity contribution in [2.75, 3.05) is 7.11 Å². The predicted molar refractivity (Wildman–Crippen MR) is 111 cm³/mol. The molecule has 0 aromatic heterocycles. The third-order valence-corrected chi connectivity index (χ3v) is 3.31. The van der Waals surface area contributed by atoms with Crippen molar-refractivity contribution >= 4 is 5.97 Å². The van der Waals surface area contributed by atoms with Crippen molar-refractivity contribution in [3.05, 3.63) is 91.9 Å². The van der Waals surface area contributed by atoms with E-state index in [1.807, 2.05) is 30.3 Å². The number of ether oxygens (including phenoxy) is 1. The standard InChI is InChI=1S/C17H25O5.C6H5.Y/c1-14(18)16(20)12-8-6-4-3-5-7-10-15(19)11-9-13-17(21)22-2;1-2-4-6-5-3-1;/h3-8,10,12,14-16,18-20H,1,9,11,13H2,2H3;1-5H;/q2*-1;/b5-3-,6-4+,10-7+,12-8+;;/t14-,15+,16+;;/m0../s1. The van der Waals surface area contributed by atoms with Crippen LogP contribution in [0.15, 0.2) is 78.9 Å². The largest absolute Gasteiger partial charge is 0.469 e. The van der Waals surface area contributed by atoms with E-state index < -0.39 is 18.3 Å². The maximum Gasteiger partial charge on any atom is 0.305 e. The average molecular weight is 475 g/mol. The number of hydrogen-bond donors (Lipinski definition) is 3. The van der Waals surface area contributed by atoms with Crippen LogP contribution in [0.25, 0.3) is 0 Å². The molecule has 6 heteroatoms. The Morgan fingerprint density at radius 2 is 1.55 bits per heavy atom. The van der Waals surface area contributed by atoms with Gasteiger partial charge in [0.15, 0.2) is 0 Å². The molecule has 1 aromatic carbocycles. The first-order valence-corrected chi connectivity index (χ1v) is 9.01. The number of carbonyl (C=O) groups excluding carboxylic acids is 1. The number of esters is 1. The molecule has 1 radical (unpaired) electrons. The normalized spacial score (nSPS) is 14.4. The van der Waals surface area contributed by atoms with Crippen LogP contribution in [0.3, 0.4) is 0 Å². The Morgan fingerprint density at radius 3 is 2.00 bits per heavy atom. The van der Waals surface area contributed by atoms with Crippen LogP contribution >= 0.6 is 0 Å². The molecule has 0 spiro atoms. The molecule has 0 heterocycles. The minimum atomic E-state index is -1.04. The van der Waals surface area contributed by atoms with Crippen molar-refractivity contribution in [2.45, 2.75) is 37.6 Å². The molecule has 0 fully saturated rings. The Balaban J connectivity index is 0. The molecule has 3 N–H and O–H groups in total. The third kappa shape index (κ3) is 21.2. The molecular weight excluding hydrogens is 445 g/mol. The number of rotatable bonds is 10. The summed E-state index contributed by atoms with van der Waals surface area (Å²) in [7, 11) is 1.34. The summed E-state index contributed by atoms with van der Waals surface area (Å²) in [6.07, 6.45) is 12.1. The summed E-state index contributed by atoms with van der Waals surface area (Å²) in [5, 5.41) is 27.8. The summed E-state index contributed by atoms with van der Waals surface area (Å²) in [5.74, 6) is -0.272. The first-order chi connectivity index (χ1) is 13.5. The Kier molecular flexibility index (Phi) is 22.0. The van der Waals surface area contributed by atoms with Gasteiger partial charge in [0, 0.05) is 39.1 Å². The van der Waals surface area contributed by atoms with Crippen molar-refractivity contribution in [2.24, 2.45) is 0 Å². The number of allylic oxidation sites excluding steroid dienone is 6. The van der Waals surface area contributed by atoms with E-state index in [4.69, 9.17) is 5.11 Å². The van der Waals surface area contributed by atoms with Gasteiger partial charge in [-0.05, 0) is 18.9 Å². The topological polar surface area (TPSA) is 87.0 Å². The second kappa shape index (κ2) is 21.3. The number of aliphatic hydroxyl groups excluding tert-OH is 3. The van der Waals surface area contributed by atoms with Gasteiger partial charge in [0.2, 0.25) is 0 Å². The van der Waals surface area contributed by atoms with Gasteiger partial charge in [0.05, 0.1) is 19.3 Å². The van der Waals surface area contributed by atoms with E-state index in [-0.39, 0.29) is 38.7 Å². The zero-order chi connectivity index (χ0) is 21.0. The van der Waals surface area contributed by atoms with E-state index in [0.717, 1.165) is 0 Å². The maximum atomic E-state index is 10.9. The van der Waals surface area contributed by atoms with Crippen molar-refractivity contribution in [3.8, 4) is 0 Å². The van der Waals surface area contributed by atoms with E-state index in [0.29, 0.717) is 19.3 Å². The van der Waals surface area contributed by atoms with E-state index in [9.17, 15) is 15.0 Å². The summed E-state index contributed by atoms with van der Waals surface area (Å²) in [6.45, 7) is 3.29. The molecule has 3 atom stereocenters. The van der Waals surface area contributed by atoms with Crippen molar-refractivity contribution in [3.63, 3.8) is 0 Å². The van der Waals surface area contributed by atoms with Crippen molar-refractivity contribution < 1.29 is 57.6 Å². The fourth-order valence-corrected chi connectivity index (χ4v) is 1.75. The Hall–Kier alpha value is -1.37. The number of methoxy groups -OCH3 is 1. The van der Waals surface area contributed by atoms with Crippen LogP contribution in [0.4, 0.5) is 0 Å². The van der Waals surface area contributed by atoms with Gasteiger partial charge < -0.3 is 27.0 Å². The maximum absolute atomic E-state index is 10.9. The Morgan fingerprint density at radius 1 is 1.00 bits per heavy atom. The molecule has 0 aliphatic rings. The smallest absolute Gasteiger partial charge is 0.305 e. The van der Waals surface area contributed by atoms with Crippen molar-refractivity contribution in [1.29, 1.82) is 0 Å². The Labute approximate surface area is 199 Å². The summed E-state index contributed by atoms with van der Waals surface area (Å²) < 4.78 is 4.51. The van der Waals surface area contributed by atoms with E-state index >= 15 is 0 Å². The van der Waals surface area contributed by atoms with Gasteiger partial charge in [-0.15, -0.1) is 0 Å². The molecular formula is C23H30O5Y-2. The summed E-state index contributed by atoms with van der Waals surface area (Å²) in [6, 6.07) is 12.5. The second-order valence-electron chi connectivity index (χ2n) is 5.71. The van der Waals surface area contributed by atoms with E-state index in [1.54, 1.807) is 42.5 Å². The molecule has 0 saturated carbocycles. The van der Waals surface area contributed by atoms with E-state index in [1.165, 1.54) is 13.2 Å². The quantitative estimate of drug-likeness (QED) is 0.275. The van der Waals surface area contributed by atoms with Gasteiger partial charge in [-0.25, -0.2) is 0 Å². The molecule has 0 amide bonds. The zero-order valence-corrected chi connectivity index (χ0v) is 19.6. The number of benzene rings is 1. The van der Waals surface area contributed by atoms with Crippen LogP contribution in [0.5, 0.6) is 0 Å². The van der Waals surface area contributed by atoms with Gasteiger partial charge in [0.1, 0.15) is 0 Å². The second-order valence-corrected chi connectivity index (χ2v) is 5.71. The van der Waals surface area contributed by atoms with Gasteiger partial charge in [0.25, 0.3) is 0 Å². The molecule has 0 aliphatic carbocycles. The third-order valence-electron chi connectivity index (χ3n) is 3.31. The molecule has 157 valence electrons. The van der Waals surface area contributed by atoms with Gasteiger partial charge in [-0.1, -0.05) is 48.6 Å². The number of aliphatic hydroxyl groups is 3. The van der Waals surface area contributed by atoms with Gasteiger partial charge >= 0.3 is 5.97 Å². The van der Waals surface area contributed by atoms with Gasteiger partial charge in [-0.3, -0.25) is 4.79 Å². The Bertz CT molecular complexity index is 582. The van der Waals surface area contributed by atoms with Crippen LogP contribution in [-0.4, -0.2) is 46.7 Å². The number of hydrogen-bond acceptors (Lipinski definition) is 5.